The van der Waals surface area contributed by atoms with Crippen LogP contribution in [-0.4, -0.2) is 14.5 Å². The van der Waals surface area contributed by atoms with Gasteiger partial charge in [-0.25, -0.2) is 9.97 Å². The van der Waals surface area contributed by atoms with Crippen molar-refractivity contribution < 1.29 is 8.83 Å². The van der Waals surface area contributed by atoms with E-state index in [1.54, 1.807) is 0 Å². The number of fused-ring (bicyclic) bond motifs is 10. The molecule has 0 saturated heterocycles. The molecule has 0 radical (unpaired) electrons. The Kier molecular flexibility index (Phi) is 6.86. The zero-order valence-electron chi connectivity index (χ0n) is 30.6. The molecule has 57 heavy (non-hydrogen) atoms. The second kappa shape index (κ2) is 12.4. The first-order valence-electron chi connectivity index (χ1n) is 19.1. The summed E-state index contributed by atoms with van der Waals surface area (Å²) in [6, 6.07) is 65.3. The van der Waals surface area contributed by atoms with Crippen molar-refractivity contribution in [2.75, 3.05) is 0 Å². The fraction of sp³-hybridized carbons (Fsp3) is 0. The largest absolute Gasteiger partial charge is 0.456 e. The van der Waals surface area contributed by atoms with Crippen molar-refractivity contribution in [1.82, 2.24) is 14.5 Å². The zero-order chi connectivity index (χ0) is 37.5. The Morgan fingerprint density at radius 3 is 1.79 bits per heavy atom. The van der Waals surface area contributed by atoms with E-state index in [4.69, 9.17) is 18.8 Å². The Balaban J connectivity index is 1.05. The first-order chi connectivity index (χ1) is 28.2. The fourth-order valence-corrected chi connectivity index (χ4v) is 8.58. The van der Waals surface area contributed by atoms with Gasteiger partial charge in [-0.05, 0) is 72.3 Å². The van der Waals surface area contributed by atoms with E-state index in [-0.39, 0.29) is 0 Å². The molecule has 5 nitrogen and oxygen atoms in total. The zero-order valence-corrected chi connectivity index (χ0v) is 30.6. The summed E-state index contributed by atoms with van der Waals surface area (Å²) in [5, 5.41) is 6.71. The third kappa shape index (κ3) is 4.96. The second-order valence-electron chi connectivity index (χ2n) is 14.5. The second-order valence-corrected chi connectivity index (χ2v) is 14.5. The van der Waals surface area contributed by atoms with Gasteiger partial charge in [0.1, 0.15) is 22.3 Å². The normalized spacial score (nSPS) is 11.9. The number of hydrogen-bond acceptors (Lipinski definition) is 4. The van der Waals surface area contributed by atoms with E-state index in [0.717, 1.165) is 99.8 Å². The van der Waals surface area contributed by atoms with Crippen LogP contribution in [0.4, 0.5) is 0 Å². The van der Waals surface area contributed by atoms with Gasteiger partial charge in [0, 0.05) is 54.9 Å². The lowest BCUT2D eigenvalue weighted by Gasteiger charge is -2.12. The SMILES string of the molecule is c1ccc(-c2cc(-c3ccccc3)nc(-c3ccc(-n4c5ccccc5c5ccc6oc7ccc(-c8cccc9c8oc8ccccc89)cc7c6c54)cc3)n2)cc1. The minimum Gasteiger partial charge on any atom is -0.456 e. The monoisotopic (exact) mass is 729 g/mol. The average Bonchev–Trinajstić information content (AvgIpc) is 3.96. The Morgan fingerprint density at radius 2 is 1.02 bits per heavy atom. The van der Waals surface area contributed by atoms with Crippen molar-refractivity contribution in [1.29, 1.82) is 0 Å². The summed E-state index contributed by atoms with van der Waals surface area (Å²) in [5.41, 5.74) is 13.7. The minimum atomic E-state index is 0.680. The third-order valence-corrected chi connectivity index (χ3v) is 11.2. The van der Waals surface area contributed by atoms with Gasteiger partial charge in [0.15, 0.2) is 5.82 Å². The van der Waals surface area contributed by atoms with Gasteiger partial charge in [-0.2, -0.15) is 0 Å². The molecule has 12 aromatic rings. The molecule has 5 heteroatoms. The Labute approximate surface area is 326 Å². The van der Waals surface area contributed by atoms with Crippen molar-refractivity contribution in [3.8, 4) is 50.7 Å². The molecule has 0 unspecified atom stereocenters. The highest BCUT2D eigenvalue weighted by Crippen LogP contribution is 2.43. The van der Waals surface area contributed by atoms with Crippen LogP contribution < -0.4 is 0 Å². The van der Waals surface area contributed by atoms with E-state index in [1.165, 1.54) is 10.8 Å². The van der Waals surface area contributed by atoms with Crippen LogP contribution in [0.15, 0.2) is 197 Å². The number of furan rings is 2. The lowest BCUT2D eigenvalue weighted by atomic mass is 9.99. The number of rotatable bonds is 5. The van der Waals surface area contributed by atoms with E-state index < -0.39 is 0 Å². The van der Waals surface area contributed by atoms with Gasteiger partial charge in [-0.1, -0.05) is 121 Å². The van der Waals surface area contributed by atoms with Crippen LogP contribution in [0.3, 0.4) is 0 Å². The molecule has 266 valence electrons. The van der Waals surface area contributed by atoms with Crippen molar-refractivity contribution in [3.63, 3.8) is 0 Å². The quantitative estimate of drug-likeness (QED) is 0.177. The van der Waals surface area contributed by atoms with Gasteiger partial charge in [-0.15, -0.1) is 0 Å². The third-order valence-electron chi connectivity index (χ3n) is 11.2. The maximum Gasteiger partial charge on any atom is 0.160 e. The van der Waals surface area contributed by atoms with E-state index in [1.807, 2.05) is 48.5 Å². The summed E-state index contributed by atoms with van der Waals surface area (Å²) in [7, 11) is 0. The van der Waals surface area contributed by atoms with Crippen LogP contribution in [0, 0.1) is 0 Å². The van der Waals surface area contributed by atoms with E-state index >= 15 is 0 Å². The predicted molar refractivity (Wildman–Crippen MR) is 233 cm³/mol. The Morgan fingerprint density at radius 1 is 0.386 bits per heavy atom. The highest BCUT2D eigenvalue weighted by molar-refractivity contribution is 6.25. The summed E-state index contributed by atoms with van der Waals surface area (Å²) in [5.74, 6) is 0.680. The topological polar surface area (TPSA) is 57.0 Å². The van der Waals surface area contributed by atoms with E-state index in [0.29, 0.717) is 5.82 Å². The van der Waals surface area contributed by atoms with Crippen molar-refractivity contribution in [2.45, 2.75) is 0 Å². The molecule has 0 aliphatic heterocycles. The predicted octanol–water partition coefficient (Wildman–Crippen LogP) is 14.0. The molecule has 12 rings (SSSR count). The minimum absolute atomic E-state index is 0.680. The number of para-hydroxylation sites is 3. The van der Waals surface area contributed by atoms with Gasteiger partial charge < -0.3 is 13.4 Å². The molecule has 0 saturated carbocycles. The Bertz CT molecular complexity index is 3450. The molecule has 0 N–H and O–H groups in total. The molecular weight excluding hydrogens is 699 g/mol. The first-order valence-corrected chi connectivity index (χ1v) is 19.1. The molecule has 0 bridgehead atoms. The highest BCUT2D eigenvalue weighted by atomic mass is 16.3. The van der Waals surface area contributed by atoms with Gasteiger partial charge in [0.05, 0.1) is 27.8 Å². The van der Waals surface area contributed by atoms with E-state index in [9.17, 15) is 0 Å². The van der Waals surface area contributed by atoms with Crippen molar-refractivity contribution in [2.24, 2.45) is 0 Å². The molecule has 0 amide bonds. The van der Waals surface area contributed by atoms with Gasteiger partial charge >= 0.3 is 0 Å². The fourth-order valence-electron chi connectivity index (χ4n) is 8.58. The molecular formula is C52H31N3O2. The first kappa shape index (κ1) is 31.6. The number of nitrogens with zero attached hydrogens (tertiary/aromatic N) is 3. The summed E-state index contributed by atoms with van der Waals surface area (Å²) in [6.45, 7) is 0. The van der Waals surface area contributed by atoms with Crippen molar-refractivity contribution >= 4 is 65.7 Å². The number of hydrogen-bond donors (Lipinski definition) is 0. The molecule has 0 aliphatic rings. The molecule has 0 spiro atoms. The summed E-state index contributed by atoms with van der Waals surface area (Å²) in [4.78, 5) is 10.2. The smallest absolute Gasteiger partial charge is 0.160 e. The summed E-state index contributed by atoms with van der Waals surface area (Å²) >= 11 is 0. The Hall–Kier alpha value is -7.76. The maximum absolute atomic E-state index is 6.59. The van der Waals surface area contributed by atoms with Crippen LogP contribution in [0.25, 0.3) is 116 Å². The van der Waals surface area contributed by atoms with Crippen LogP contribution >= 0.6 is 0 Å². The summed E-state index contributed by atoms with van der Waals surface area (Å²) < 4.78 is 15.4. The van der Waals surface area contributed by atoms with Crippen molar-refractivity contribution in [3.05, 3.63) is 188 Å². The average molecular weight is 730 g/mol. The number of benzene rings is 8. The van der Waals surface area contributed by atoms with Gasteiger partial charge in [-0.3, -0.25) is 0 Å². The highest BCUT2D eigenvalue weighted by Gasteiger charge is 2.21. The standard InChI is InChI=1S/C52H31N3O2/c1-3-12-32(13-4-1)43-31-44(33-14-5-2-6-15-33)54-52(53-43)34-22-25-36(26-23-34)55-45-20-9-7-16-38(45)40-27-29-48-49(50(40)55)42-30-35(24-28-47(42)56-48)37-18-11-19-41-39-17-8-10-21-46(39)57-51(37)41/h1-31H. The molecule has 0 fully saturated rings. The molecule has 4 heterocycles. The van der Waals surface area contributed by atoms with Crippen LogP contribution in [0.5, 0.6) is 0 Å². The maximum atomic E-state index is 6.59. The van der Waals surface area contributed by atoms with Gasteiger partial charge in [0.25, 0.3) is 0 Å². The van der Waals surface area contributed by atoms with Gasteiger partial charge in [0.2, 0.25) is 0 Å². The molecule has 0 aliphatic carbocycles. The molecule has 0 atom stereocenters. The lowest BCUT2D eigenvalue weighted by Crippen LogP contribution is -1.97. The van der Waals surface area contributed by atoms with E-state index in [2.05, 4.69) is 144 Å². The molecule has 8 aromatic carbocycles. The van der Waals surface area contributed by atoms with Crippen LogP contribution in [0.1, 0.15) is 0 Å². The molecule has 4 aromatic heterocycles. The van der Waals surface area contributed by atoms with Crippen LogP contribution in [0.2, 0.25) is 0 Å². The lowest BCUT2D eigenvalue weighted by molar-refractivity contribution is 0.668. The van der Waals surface area contributed by atoms with Crippen LogP contribution in [-0.2, 0) is 0 Å². The number of aromatic nitrogens is 3. The summed E-state index contributed by atoms with van der Waals surface area (Å²) in [6.07, 6.45) is 0.